The van der Waals surface area contributed by atoms with E-state index < -0.39 is 0 Å². The Kier molecular flexibility index (Phi) is 6.12. The number of aromatic nitrogens is 2. The van der Waals surface area contributed by atoms with Crippen molar-refractivity contribution in [2.45, 2.75) is 32.2 Å². The van der Waals surface area contributed by atoms with Gasteiger partial charge in [0.2, 0.25) is 0 Å². The first-order chi connectivity index (χ1) is 12.7. The monoisotopic (exact) mass is 357 g/mol. The Labute approximate surface area is 154 Å². The van der Waals surface area contributed by atoms with Crippen LogP contribution in [0.3, 0.4) is 0 Å². The number of H-pyrrole nitrogens is 1. The first-order valence-electron chi connectivity index (χ1n) is 9.13. The number of ether oxygens (including phenoxy) is 1. The number of carbonyl (C=O) groups excluding carboxylic acids is 1. The minimum absolute atomic E-state index is 0.195. The van der Waals surface area contributed by atoms with Gasteiger partial charge in [-0.05, 0) is 44.0 Å². The molecular formula is C19H27N5O2. The highest BCUT2D eigenvalue weighted by Gasteiger charge is 2.25. The molecule has 2 aromatic rings. The first-order valence-corrected chi connectivity index (χ1v) is 9.13. The van der Waals surface area contributed by atoms with Crippen molar-refractivity contribution in [2.75, 3.05) is 32.1 Å². The van der Waals surface area contributed by atoms with E-state index in [9.17, 15) is 4.79 Å². The minimum atomic E-state index is -0.195. The lowest BCUT2D eigenvalue weighted by Gasteiger charge is -2.32. The molecule has 0 aliphatic carbocycles. The molecule has 1 aromatic carbocycles. The second-order valence-electron chi connectivity index (χ2n) is 6.61. The summed E-state index contributed by atoms with van der Waals surface area (Å²) in [4.78, 5) is 14.3. The van der Waals surface area contributed by atoms with Crippen LogP contribution in [0, 0.1) is 0 Å². The molecule has 3 N–H and O–H groups in total. The number of urea groups is 1. The summed E-state index contributed by atoms with van der Waals surface area (Å²) in [6.45, 7) is 5.38. The molecule has 1 aliphatic heterocycles. The maximum Gasteiger partial charge on any atom is 0.319 e. The van der Waals surface area contributed by atoms with Crippen LogP contribution in [0.2, 0.25) is 0 Å². The number of aromatic amines is 1. The topological polar surface area (TPSA) is 82.3 Å². The summed E-state index contributed by atoms with van der Waals surface area (Å²) in [6, 6.07) is 8.01. The van der Waals surface area contributed by atoms with Gasteiger partial charge < -0.3 is 15.4 Å². The van der Waals surface area contributed by atoms with Crippen molar-refractivity contribution in [2.24, 2.45) is 0 Å². The van der Waals surface area contributed by atoms with E-state index in [2.05, 4.69) is 37.9 Å². The molecule has 1 saturated heterocycles. The smallest absolute Gasteiger partial charge is 0.319 e. The van der Waals surface area contributed by atoms with Crippen molar-refractivity contribution in [1.29, 1.82) is 0 Å². The summed E-state index contributed by atoms with van der Waals surface area (Å²) in [5, 5.41) is 12.9. The predicted octanol–water partition coefficient (Wildman–Crippen LogP) is 2.94. The second-order valence-corrected chi connectivity index (χ2v) is 6.61. The Morgan fingerprint density at radius 1 is 1.46 bits per heavy atom. The number of anilines is 1. The number of hydrogen-bond acceptors (Lipinski definition) is 4. The number of benzene rings is 1. The molecule has 7 heteroatoms. The first kappa shape index (κ1) is 18.3. The highest BCUT2D eigenvalue weighted by Crippen LogP contribution is 2.31. The Morgan fingerprint density at radius 2 is 2.35 bits per heavy atom. The molecule has 0 spiro atoms. The lowest BCUT2D eigenvalue weighted by molar-refractivity contribution is 0.198. The Balaban J connectivity index is 1.65. The summed E-state index contributed by atoms with van der Waals surface area (Å²) in [5.41, 5.74) is 3.02. The van der Waals surface area contributed by atoms with Gasteiger partial charge >= 0.3 is 6.03 Å². The molecular weight excluding hydrogens is 330 g/mol. The fourth-order valence-electron chi connectivity index (χ4n) is 3.50. The summed E-state index contributed by atoms with van der Waals surface area (Å²) >= 11 is 0. The van der Waals surface area contributed by atoms with E-state index in [0.29, 0.717) is 12.5 Å². The summed E-state index contributed by atoms with van der Waals surface area (Å²) < 4.78 is 5.32. The number of amides is 2. The minimum Gasteiger partial charge on any atom is -0.497 e. The highest BCUT2D eigenvalue weighted by atomic mass is 16.5. The van der Waals surface area contributed by atoms with Gasteiger partial charge in [-0.15, -0.1) is 0 Å². The number of likely N-dealkylation sites (tertiary alicyclic amines) is 1. The van der Waals surface area contributed by atoms with Gasteiger partial charge in [0, 0.05) is 25.6 Å². The van der Waals surface area contributed by atoms with E-state index >= 15 is 0 Å². The van der Waals surface area contributed by atoms with Crippen molar-refractivity contribution < 1.29 is 9.53 Å². The SMILES string of the molecule is CCNC(=O)Nc1cn[nH]c1[C@H]1CCCN(Cc2cccc(OC)c2)C1. The molecule has 2 amide bonds. The Hall–Kier alpha value is -2.54. The number of hydrogen-bond donors (Lipinski definition) is 3. The average Bonchev–Trinajstić information content (AvgIpc) is 3.10. The second kappa shape index (κ2) is 8.71. The standard InChI is InChI=1S/C19H27N5O2/c1-3-20-19(25)22-17-11-21-23-18(17)15-7-5-9-24(13-15)12-14-6-4-8-16(10-14)26-2/h4,6,8,10-11,15H,3,5,7,9,12-13H2,1-2H3,(H,21,23)(H2,20,22,25)/t15-/m0/s1. The molecule has 1 aliphatic rings. The van der Waals surface area contributed by atoms with Crippen LogP contribution >= 0.6 is 0 Å². The fourth-order valence-corrected chi connectivity index (χ4v) is 3.50. The molecule has 140 valence electrons. The van der Waals surface area contributed by atoms with Crippen molar-refractivity contribution in [3.8, 4) is 5.75 Å². The third-order valence-corrected chi connectivity index (χ3v) is 4.71. The lowest BCUT2D eigenvalue weighted by atomic mass is 9.93. The number of piperidine rings is 1. The molecule has 26 heavy (non-hydrogen) atoms. The van der Waals surface area contributed by atoms with Crippen molar-refractivity contribution in [3.05, 3.63) is 41.7 Å². The van der Waals surface area contributed by atoms with Gasteiger partial charge in [0.25, 0.3) is 0 Å². The maximum atomic E-state index is 11.8. The van der Waals surface area contributed by atoms with E-state index in [-0.39, 0.29) is 6.03 Å². The van der Waals surface area contributed by atoms with Gasteiger partial charge in [0.1, 0.15) is 5.75 Å². The molecule has 0 radical (unpaired) electrons. The van der Waals surface area contributed by atoms with Crippen LogP contribution in [0.15, 0.2) is 30.5 Å². The summed E-state index contributed by atoms with van der Waals surface area (Å²) in [7, 11) is 1.69. The highest BCUT2D eigenvalue weighted by molar-refractivity contribution is 5.89. The van der Waals surface area contributed by atoms with Crippen molar-refractivity contribution in [1.82, 2.24) is 20.4 Å². The molecule has 7 nitrogen and oxygen atoms in total. The van der Waals surface area contributed by atoms with Gasteiger partial charge in [-0.3, -0.25) is 10.00 Å². The van der Waals surface area contributed by atoms with Crippen molar-refractivity contribution >= 4 is 11.7 Å². The molecule has 3 rings (SSSR count). The lowest BCUT2D eigenvalue weighted by Crippen LogP contribution is -2.34. The number of rotatable bonds is 6. The van der Waals surface area contributed by atoms with Gasteiger partial charge in [-0.1, -0.05) is 12.1 Å². The molecule has 1 aromatic heterocycles. The van der Waals surface area contributed by atoms with Gasteiger partial charge in [0.15, 0.2) is 0 Å². The van der Waals surface area contributed by atoms with E-state index in [0.717, 1.165) is 49.6 Å². The van der Waals surface area contributed by atoms with Gasteiger partial charge in [-0.2, -0.15) is 5.10 Å². The molecule has 0 unspecified atom stereocenters. The van der Waals surface area contributed by atoms with Crippen LogP contribution in [-0.2, 0) is 6.54 Å². The number of methoxy groups -OCH3 is 1. The maximum absolute atomic E-state index is 11.8. The van der Waals surface area contributed by atoms with E-state index in [1.165, 1.54) is 5.56 Å². The fraction of sp³-hybridized carbons (Fsp3) is 0.474. The van der Waals surface area contributed by atoms with E-state index in [4.69, 9.17) is 4.74 Å². The molecule has 0 saturated carbocycles. The van der Waals surface area contributed by atoms with E-state index in [1.54, 1.807) is 13.3 Å². The van der Waals surface area contributed by atoms with Crippen LogP contribution < -0.4 is 15.4 Å². The van der Waals surface area contributed by atoms with E-state index in [1.807, 2.05) is 19.1 Å². The van der Waals surface area contributed by atoms with Crippen molar-refractivity contribution in [3.63, 3.8) is 0 Å². The summed E-state index contributed by atoms with van der Waals surface area (Å²) in [5.74, 6) is 1.21. The number of nitrogens with one attached hydrogen (secondary N) is 3. The molecule has 2 heterocycles. The van der Waals surface area contributed by atoms with Crippen LogP contribution in [0.25, 0.3) is 0 Å². The zero-order chi connectivity index (χ0) is 18.4. The Morgan fingerprint density at radius 3 is 3.15 bits per heavy atom. The predicted molar refractivity (Wildman–Crippen MR) is 102 cm³/mol. The molecule has 1 fully saturated rings. The quantitative estimate of drug-likeness (QED) is 0.742. The van der Waals surface area contributed by atoms with Crippen LogP contribution in [0.4, 0.5) is 10.5 Å². The molecule has 1 atom stereocenters. The number of carbonyl (C=O) groups is 1. The largest absolute Gasteiger partial charge is 0.497 e. The average molecular weight is 357 g/mol. The van der Waals surface area contributed by atoms with Gasteiger partial charge in [-0.25, -0.2) is 4.79 Å². The third kappa shape index (κ3) is 4.54. The van der Waals surface area contributed by atoms with Crippen LogP contribution in [-0.4, -0.2) is 47.9 Å². The zero-order valence-corrected chi connectivity index (χ0v) is 15.4. The zero-order valence-electron chi connectivity index (χ0n) is 15.4. The normalized spacial score (nSPS) is 17.7. The summed E-state index contributed by atoms with van der Waals surface area (Å²) in [6.07, 6.45) is 3.89. The number of nitrogens with zero attached hydrogens (tertiary/aromatic N) is 2. The van der Waals surface area contributed by atoms with Crippen LogP contribution in [0.5, 0.6) is 5.75 Å². The van der Waals surface area contributed by atoms with Gasteiger partial charge in [0.05, 0.1) is 24.7 Å². The molecule has 0 bridgehead atoms. The third-order valence-electron chi connectivity index (χ3n) is 4.71. The van der Waals surface area contributed by atoms with Crippen LogP contribution in [0.1, 0.15) is 36.9 Å². The Bertz CT molecular complexity index is 730.